The molecule has 2 heterocycles. The maximum atomic E-state index is 12.1. The molecular weight excluding hydrogens is 244 g/mol. The number of hydrogen-bond donors (Lipinski definition) is 1. The van der Waals surface area contributed by atoms with E-state index in [0.29, 0.717) is 19.2 Å². The molecule has 3 atom stereocenters. The van der Waals surface area contributed by atoms with Crippen molar-refractivity contribution in [3.63, 3.8) is 0 Å². The average Bonchev–Trinajstić information content (AvgIpc) is 2.38. The summed E-state index contributed by atoms with van der Waals surface area (Å²) in [6, 6.07) is 0.284. The maximum absolute atomic E-state index is 12.1. The van der Waals surface area contributed by atoms with Crippen molar-refractivity contribution in [3.05, 3.63) is 0 Å². The van der Waals surface area contributed by atoms with Crippen LogP contribution >= 0.6 is 0 Å². The molecule has 2 aliphatic heterocycles. The largest absolute Gasteiger partial charge is 0.465 e. The van der Waals surface area contributed by atoms with Gasteiger partial charge in [-0.15, -0.1) is 0 Å². The predicted molar refractivity (Wildman–Crippen MR) is 73.0 cm³/mol. The molecule has 0 bridgehead atoms. The van der Waals surface area contributed by atoms with Crippen LogP contribution in [0.25, 0.3) is 0 Å². The highest BCUT2D eigenvalue weighted by Gasteiger charge is 2.37. The Morgan fingerprint density at radius 3 is 2.68 bits per heavy atom. The third kappa shape index (κ3) is 3.68. The van der Waals surface area contributed by atoms with Crippen LogP contribution in [0.3, 0.4) is 0 Å². The minimum atomic E-state index is -0.142. The normalized spacial score (nSPS) is 37.0. The molecule has 0 aromatic rings. The molecule has 0 aromatic heterocycles. The van der Waals surface area contributed by atoms with E-state index in [1.54, 1.807) is 0 Å². The van der Waals surface area contributed by atoms with Crippen LogP contribution in [-0.4, -0.2) is 61.4 Å². The van der Waals surface area contributed by atoms with E-state index in [0.717, 1.165) is 25.9 Å². The van der Waals surface area contributed by atoms with Gasteiger partial charge in [0.05, 0.1) is 18.8 Å². The van der Waals surface area contributed by atoms with Gasteiger partial charge in [0.1, 0.15) is 6.04 Å². The first-order valence-corrected chi connectivity index (χ1v) is 7.40. The number of ether oxygens (including phenoxy) is 2. The number of carbonyl (C=O) groups excluding carboxylic acids is 1. The van der Waals surface area contributed by atoms with Crippen molar-refractivity contribution in [2.75, 3.05) is 26.2 Å². The van der Waals surface area contributed by atoms with Crippen molar-refractivity contribution in [1.29, 1.82) is 0 Å². The van der Waals surface area contributed by atoms with Crippen molar-refractivity contribution in [2.24, 2.45) is 0 Å². The standard InChI is InChI=1S/C14H26N2O3/c1-4-18-14(17)13-9-15-5-6-16(13)12-7-10(2)19-11(3)8-12/h10-13,15H,4-9H2,1-3H3. The van der Waals surface area contributed by atoms with Crippen molar-refractivity contribution >= 4 is 5.97 Å². The van der Waals surface area contributed by atoms with Gasteiger partial charge in [0.2, 0.25) is 0 Å². The maximum Gasteiger partial charge on any atom is 0.324 e. The summed E-state index contributed by atoms with van der Waals surface area (Å²) in [4.78, 5) is 14.4. The SMILES string of the molecule is CCOC(=O)C1CNCCN1C1CC(C)OC(C)C1. The molecule has 3 unspecified atom stereocenters. The van der Waals surface area contributed by atoms with Gasteiger partial charge in [-0.3, -0.25) is 9.69 Å². The second-order valence-corrected chi connectivity index (χ2v) is 5.59. The molecule has 5 heteroatoms. The van der Waals surface area contributed by atoms with Gasteiger partial charge >= 0.3 is 5.97 Å². The van der Waals surface area contributed by atoms with E-state index in [2.05, 4.69) is 24.1 Å². The minimum absolute atomic E-state index is 0.0958. The Morgan fingerprint density at radius 2 is 2.05 bits per heavy atom. The summed E-state index contributed by atoms with van der Waals surface area (Å²) in [5.41, 5.74) is 0. The molecule has 19 heavy (non-hydrogen) atoms. The van der Waals surface area contributed by atoms with Crippen LogP contribution in [0.2, 0.25) is 0 Å². The molecule has 2 aliphatic rings. The molecule has 0 amide bonds. The summed E-state index contributed by atoms with van der Waals surface area (Å²) in [7, 11) is 0. The first-order valence-electron chi connectivity index (χ1n) is 7.40. The molecule has 5 nitrogen and oxygen atoms in total. The molecule has 0 saturated carbocycles. The molecular formula is C14H26N2O3. The van der Waals surface area contributed by atoms with E-state index in [9.17, 15) is 4.79 Å². The second kappa shape index (κ2) is 6.68. The molecule has 0 aliphatic carbocycles. The Labute approximate surface area is 115 Å². The first-order chi connectivity index (χ1) is 9.11. The Kier molecular flexibility index (Phi) is 5.19. The molecule has 2 fully saturated rings. The quantitative estimate of drug-likeness (QED) is 0.768. The van der Waals surface area contributed by atoms with Gasteiger partial charge < -0.3 is 14.8 Å². The Balaban J connectivity index is 2.03. The number of nitrogens with zero attached hydrogens (tertiary/aromatic N) is 1. The molecule has 2 rings (SSSR count). The summed E-state index contributed by atoms with van der Waals surface area (Å²) >= 11 is 0. The van der Waals surface area contributed by atoms with E-state index in [-0.39, 0.29) is 24.2 Å². The second-order valence-electron chi connectivity index (χ2n) is 5.59. The highest BCUT2D eigenvalue weighted by Crippen LogP contribution is 2.26. The van der Waals surface area contributed by atoms with Gasteiger partial charge in [0.15, 0.2) is 0 Å². The number of hydrogen-bond acceptors (Lipinski definition) is 5. The minimum Gasteiger partial charge on any atom is -0.465 e. The summed E-state index contributed by atoms with van der Waals surface area (Å²) in [5.74, 6) is -0.0958. The third-order valence-corrected chi connectivity index (χ3v) is 3.99. The highest BCUT2D eigenvalue weighted by atomic mass is 16.5. The van der Waals surface area contributed by atoms with Crippen molar-refractivity contribution in [2.45, 2.75) is 57.9 Å². The van der Waals surface area contributed by atoms with Gasteiger partial charge in [-0.25, -0.2) is 0 Å². The van der Waals surface area contributed by atoms with E-state index >= 15 is 0 Å². The third-order valence-electron chi connectivity index (χ3n) is 3.99. The zero-order valence-electron chi connectivity index (χ0n) is 12.2. The fourth-order valence-corrected chi connectivity index (χ4v) is 3.26. The van der Waals surface area contributed by atoms with Gasteiger partial charge in [-0.05, 0) is 33.6 Å². The van der Waals surface area contributed by atoms with Crippen molar-refractivity contribution in [1.82, 2.24) is 10.2 Å². The molecule has 0 aromatic carbocycles. The summed E-state index contributed by atoms with van der Waals surface area (Å²) in [6.45, 7) is 9.08. The topological polar surface area (TPSA) is 50.8 Å². The molecule has 0 spiro atoms. The van der Waals surface area contributed by atoms with Crippen LogP contribution in [0.4, 0.5) is 0 Å². The van der Waals surface area contributed by atoms with E-state index in [1.165, 1.54) is 0 Å². The van der Waals surface area contributed by atoms with Crippen molar-refractivity contribution in [3.8, 4) is 0 Å². The number of esters is 1. The fourth-order valence-electron chi connectivity index (χ4n) is 3.26. The van der Waals surface area contributed by atoms with Crippen LogP contribution in [0.15, 0.2) is 0 Å². The Hall–Kier alpha value is -0.650. The summed E-state index contributed by atoms with van der Waals surface area (Å²) < 4.78 is 11.0. The number of nitrogens with one attached hydrogen (secondary N) is 1. The lowest BCUT2D eigenvalue weighted by Gasteiger charge is -2.44. The number of carbonyl (C=O) groups is 1. The summed E-state index contributed by atoms with van der Waals surface area (Å²) in [6.07, 6.45) is 2.54. The van der Waals surface area contributed by atoms with Crippen LogP contribution in [-0.2, 0) is 14.3 Å². The summed E-state index contributed by atoms with van der Waals surface area (Å²) in [5, 5.41) is 3.29. The van der Waals surface area contributed by atoms with Gasteiger partial charge in [-0.2, -0.15) is 0 Å². The van der Waals surface area contributed by atoms with Gasteiger partial charge in [0, 0.05) is 25.7 Å². The zero-order chi connectivity index (χ0) is 13.8. The van der Waals surface area contributed by atoms with Gasteiger partial charge in [0.25, 0.3) is 0 Å². The van der Waals surface area contributed by atoms with E-state index in [1.807, 2.05) is 6.92 Å². The highest BCUT2D eigenvalue weighted by molar-refractivity contribution is 5.76. The lowest BCUT2D eigenvalue weighted by Crippen LogP contribution is -2.60. The monoisotopic (exact) mass is 270 g/mol. The van der Waals surface area contributed by atoms with Crippen LogP contribution in [0.5, 0.6) is 0 Å². The number of piperazine rings is 1. The zero-order valence-corrected chi connectivity index (χ0v) is 12.2. The van der Waals surface area contributed by atoms with Crippen LogP contribution < -0.4 is 5.32 Å². The predicted octanol–water partition coefficient (Wildman–Crippen LogP) is 0.779. The molecule has 110 valence electrons. The average molecular weight is 270 g/mol. The van der Waals surface area contributed by atoms with Crippen molar-refractivity contribution < 1.29 is 14.3 Å². The van der Waals surface area contributed by atoms with E-state index < -0.39 is 0 Å². The molecule has 2 saturated heterocycles. The Bertz CT molecular complexity index is 301. The first kappa shape index (κ1) is 14.8. The lowest BCUT2D eigenvalue weighted by atomic mass is 9.96. The van der Waals surface area contributed by atoms with Crippen LogP contribution in [0.1, 0.15) is 33.6 Å². The lowest BCUT2D eigenvalue weighted by molar-refractivity contribution is -0.154. The molecule has 1 N–H and O–H groups in total. The Morgan fingerprint density at radius 1 is 1.37 bits per heavy atom. The molecule has 0 radical (unpaired) electrons. The smallest absolute Gasteiger partial charge is 0.324 e. The fraction of sp³-hybridized carbons (Fsp3) is 0.929. The van der Waals surface area contributed by atoms with E-state index in [4.69, 9.17) is 9.47 Å². The number of rotatable bonds is 3. The van der Waals surface area contributed by atoms with Gasteiger partial charge in [-0.1, -0.05) is 0 Å². The van der Waals surface area contributed by atoms with Crippen LogP contribution in [0, 0.1) is 0 Å².